The van der Waals surface area contributed by atoms with Crippen molar-refractivity contribution in [3.63, 3.8) is 0 Å². The van der Waals surface area contributed by atoms with E-state index in [9.17, 15) is 4.79 Å². The van der Waals surface area contributed by atoms with E-state index in [2.05, 4.69) is 47.5 Å². The molecule has 1 amide bonds. The number of piperidine rings is 1. The van der Waals surface area contributed by atoms with Crippen LogP contribution < -0.4 is 5.32 Å². The molecule has 0 spiro atoms. The lowest BCUT2D eigenvalue weighted by Crippen LogP contribution is -2.52. The van der Waals surface area contributed by atoms with Crippen LogP contribution >= 0.6 is 11.8 Å². The third-order valence-electron chi connectivity index (χ3n) is 5.12. The Bertz CT molecular complexity index is 518. The molecule has 3 atom stereocenters. The first-order valence-corrected chi connectivity index (χ1v) is 9.66. The number of hydrogen-bond acceptors (Lipinski definition) is 4. The highest BCUT2D eigenvalue weighted by Gasteiger charge is 2.33. The van der Waals surface area contributed by atoms with Crippen molar-refractivity contribution in [1.29, 1.82) is 0 Å². The first-order chi connectivity index (χ1) is 11.1. The van der Waals surface area contributed by atoms with E-state index in [1.807, 2.05) is 23.7 Å². The molecule has 2 aliphatic rings. The maximum atomic E-state index is 12.6. The first-order valence-electron chi connectivity index (χ1n) is 8.51. The van der Waals surface area contributed by atoms with Gasteiger partial charge in [0, 0.05) is 43.9 Å². The molecule has 3 rings (SSSR count). The largest absolute Gasteiger partial charge is 0.341 e. The Balaban J connectivity index is 1.54. The van der Waals surface area contributed by atoms with Crippen LogP contribution in [0.4, 0.5) is 0 Å². The van der Waals surface area contributed by atoms with E-state index in [0.717, 1.165) is 37.6 Å². The van der Waals surface area contributed by atoms with E-state index >= 15 is 0 Å². The minimum Gasteiger partial charge on any atom is -0.341 e. The van der Waals surface area contributed by atoms with E-state index in [-0.39, 0.29) is 11.9 Å². The molecule has 0 aromatic heterocycles. The highest BCUT2D eigenvalue weighted by atomic mass is 32.2. The van der Waals surface area contributed by atoms with Gasteiger partial charge in [-0.05, 0) is 25.3 Å². The summed E-state index contributed by atoms with van der Waals surface area (Å²) in [6.45, 7) is 4.36. The van der Waals surface area contributed by atoms with Crippen molar-refractivity contribution in [3.8, 4) is 0 Å². The van der Waals surface area contributed by atoms with E-state index in [0.29, 0.717) is 12.1 Å². The van der Waals surface area contributed by atoms with Crippen LogP contribution in [0.15, 0.2) is 30.3 Å². The zero-order chi connectivity index (χ0) is 16.2. The molecule has 5 heteroatoms. The van der Waals surface area contributed by atoms with Gasteiger partial charge in [0.25, 0.3) is 0 Å². The lowest BCUT2D eigenvalue weighted by atomic mass is 9.96. The molecule has 0 bridgehead atoms. The van der Waals surface area contributed by atoms with E-state index in [1.54, 1.807) is 0 Å². The number of nitrogens with one attached hydrogen (secondary N) is 1. The predicted molar refractivity (Wildman–Crippen MR) is 96.4 cm³/mol. The summed E-state index contributed by atoms with van der Waals surface area (Å²) < 4.78 is 0. The van der Waals surface area contributed by atoms with Crippen molar-refractivity contribution in [2.45, 2.75) is 44.4 Å². The molecule has 1 aromatic carbocycles. The zero-order valence-corrected chi connectivity index (χ0v) is 14.9. The molecule has 126 valence electrons. The third-order valence-corrected chi connectivity index (χ3v) is 6.06. The number of carbonyl (C=O) groups is 1. The Hall–Kier alpha value is -1.04. The van der Waals surface area contributed by atoms with Gasteiger partial charge in [-0.15, -0.1) is 11.8 Å². The molecule has 2 saturated heterocycles. The fourth-order valence-electron chi connectivity index (χ4n) is 3.58. The number of likely N-dealkylation sites (tertiary alicyclic amines) is 1. The topological polar surface area (TPSA) is 35.6 Å². The third kappa shape index (κ3) is 4.08. The lowest BCUT2D eigenvalue weighted by molar-refractivity contribution is -0.134. The monoisotopic (exact) mass is 333 g/mol. The Morgan fingerprint density at radius 3 is 2.83 bits per heavy atom. The summed E-state index contributed by atoms with van der Waals surface area (Å²) in [5.74, 6) is 2.07. The molecular weight excluding hydrogens is 306 g/mol. The molecule has 2 aliphatic heterocycles. The number of nitrogens with zero attached hydrogens (tertiary/aromatic N) is 2. The second-order valence-corrected chi connectivity index (χ2v) is 7.73. The van der Waals surface area contributed by atoms with Crippen LogP contribution in [0.2, 0.25) is 0 Å². The number of benzene rings is 1. The van der Waals surface area contributed by atoms with Crippen molar-refractivity contribution >= 4 is 17.7 Å². The van der Waals surface area contributed by atoms with Crippen molar-refractivity contribution in [2.75, 3.05) is 25.2 Å². The molecule has 0 radical (unpaired) electrons. The van der Waals surface area contributed by atoms with Crippen LogP contribution in [0.3, 0.4) is 0 Å². The van der Waals surface area contributed by atoms with E-state index in [1.165, 1.54) is 5.56 Å². The number of likely N-dealkylation sites (N-methyl/N-ethyl adjacent to an activating group) is 1. The number of amides is 1. The molecule has 0 unspecified atom stereocenters. The molecule has 0 saturated carbocycles. The summed E-state index contributed by atoms with van der Waals surface area (Å²) in [6.07, 6.45) is 2.13. The summed E-state index contributed by atoms with van der Waals surface area (Å²) in [6, 6.07) is 11.6. The molecule has 1 N–H and O–H groups in total. The first kappa shape index (κ1) is 16.8. The molecular formula is C18H27N3OS. The smallest absolute Gasteiger partial charge is 0.240 e. The Labute approximate surface area is 143 Å². The summed E-state index contributed by atoms with van der Waals surface area (Å²) in [5, 5.41) is 3.29. The fourth-order valence-corrected chi connectivity index (χ4v) is 4.51. The summed E-state index contributed by atoms with van der Waals surface area (Å²) in [7, 11) is 1.98. The maximum Gasteiger partial charge on any atom is 0.240 e. The Morgan fingerprint density at radius 2 is 2.17 bits per heavy atom. The van der Waals surface area contributed by atoms with Crippen LogP contribution in [0, 0.1) is 0 Å². The van der Waals surface area contributed by atoms with Crippen molar-refractivity contribution in [3.05, 3.63) is 35.9 Å². The van der Waals surface area contributed by atoms with Gasteiger partial charge in [0.15, 0.2) is 0 Å². The minimum absolute atomic E-state index is 0.0163. The molecule has 23 heavy (non-hydrogen) atoms. The average Bonchev–Trinajstić information content (AvgIpc) is 3.11. The van der Waals surface area contributed by atoms with E-state index < -0.39 is 0 Å². The number of thioether (sulfide) groups is 1. The SMILES string of the molecule is C[C@@H]1C[C@H](N(C)C(=O)[C@H]2CSCN2)CCN1Cc1ccccc1. The molecule has 4 nitrogen and oxygen atoms in total. The van der Waals surface area contributed by atoms with Crippen molar-refractivity contribution in [1.82, 2.24) is 15.1 Å². The van der Waals surface area contributed by atoms with Gasteiger partial charge in [-0.1, -0.05) is 30.3 Å². The van der Waals surface area contributed by atoms with Gasteiger partial charge in [-0.25, -0.2) is 0 Å². The van der Waals surface area contributed by atoms with Gasteiger partial charge in [0.2, 0.25) is 5.91 Å². The number of rotatable bonds is 4. The molecule has 0 aliphatic carbocycles. The average molecular weight is 334 g/mol. The van der Waals surface area contributed by atoms with E-state index in [4.69, 9.17) is 0 Å². The van der Waals surface area contributed by atoms with Crippen LogP contribution in [-0.4, -0.2) is 59.1 Å². The quantitative estimate of drug-likeness (QED) is 0.916. The minimum atomic E-state index is 0.0163. The standard InChI is InChI=1S/C18H27N3OS/c1-14-10-16(20(2)18(22)17-12-23-13-19-17)8-9-21(14)11-15-6-4-3-5-7-15/h3-7,14,16-17,19H,8-13H2,1-2H3/t14-,16-,17-/m1/s1. The zero-order valence-electron chi connectivity index (χ0n) is 14.1. The summed E-state index contributed by atoms with van der Waals surface area (Å²) in [4.78, 5) is 17.1. The number of hydrogen-bond donors (Lipinski definition) is 1. The molecule has 1 aromatic rings. The fraction of sp³-hybridized carbons (Fsp3) is 0.611. The van der Waals surface area contributed by atoms with Gasteiger partial charge in [0.1, 0.15) is 0 Å². The lowest BCUT2D eigenvalue weighted by Gasteiger charge is -2.41. The van der Waals surface area contributed by atoms with Crippen LogP contribution in [0.25, 0.3) is 0 Å². The van der Waals surface area contributed by atoms with Crippen LogP contribution in [0.5, 0.6) is 0 Å². The van der Waals surface area contributed by atoms with Crippen molar-refractivity contribution < 1.29 is 4.79 Å². The second-order valence-electron chi connectivity index (χ2n) is 6.70. The highest BCUT2D eigenvalue weighted by Crippen LogP contribution is 2.24. The second kappa shape index (κ2) is 7.69. The highest BCUT2D eigenvalue weighted by molar-refractivity contribution is 7.99. The summed E-state index contributed by atoms with van der Waals surface area (Å²) >= 11 is 1.81. The summed E-state index contributed by atoms with van der Waals surface area (Å²) in [5.41, 5.74) is 1.37. The normalized spacial score (nSPS) is 28.7. The maximum absolute atomic E-state index is 12.6. The van der Waals surface area contributed by atoms with Crippen LogP contribution in [-0.2, 0) is 11.3 Å². The van der Waals surface area contributed by atoms with Gasteiger partial charge in [0.05, 0.1) is 6.04 Å². The van der Waals surface area contributed by atoms with Gasteiger partial charge in [-0.2, -0.15) is 0 Å². The molecule has 2 heterocycles. The molecule has 2 fully saturated rings. The van der Waals surface area contributed by atoms with Crippen molar-refractivity contribution in [2.24, 2.45) is 0 Å². The number of carbonyl (C=O) groups excluding carboxylic acids is 1. The van der Waals surface area contributed by atoms with Crippen LogP contribution in [0.1, 0.15) is 25.3 Å². The Morgan fingerprint density at radius 1 is 1.39 bits per heavy atom. The predicted octanol–water partition coefficient (Wildman–Crippen LogP) is 2.16. The van der Waals surface area contributed by atoms with Gasteiger partial charge >= 0.3 is 0 Å². The van der Waals surface area contributed by atoms with Gasteiger partial charge < -0.3 is 4.90 Å². The Kier molecular flexibility index (Phi) is 5.62. The van der Waals surface area contributed by atoms with Gasteiger partial charge in [-0.3, -0.25) is 15.0 Å².